The number of quaternary nitrogens is 1. The Morgan fingerprint density at radius 2 is 1.04 bits per heavy atom. The monoisotopic (exact) mass is 443 g/mol. The quantitative estimate of drug-likeness (QED) is 0.206. The molecule has 0 saturated carbocycles. The zero-order valence-corrected chi connectivity index (χ0v) is 19.4. The summed E-state index contributed by atoms with van der Waals surface area (Å²) in [6.45, 7) is 4.23. The lowest BCUT2D eigenvalue weighted by atomic mass is 10.1. The largest absolute Gasteiger partial charge is 1.00 e. The van der Waals surface area contributed by atoms with Crippen LogP contribution in [0.1, 0.15) is 90.4 Å². The normalized spacial score (nSPS) is 12.2. The molecule has 154 valence electrons. The summed E-state index contributed by atoms with van der Waals surface area (Å²) < 4.78 is 11.8. The molecule has 0 heterocycles. The van der Waals surface area contributed by atoms with Crippen molar-refractivity contribution in [3.63, 3.8) is 0 Å². The fourth-order valence-electron chi connectivity index (χ4n) is 3.20. The van der Waals surface area contributed by atoms with Gasteiger partial charge in [-0.1, -0.05) is 71.1 Å². The molecule has 6 heteroatoms. The van der Waals surface area contributed by atoms with E-state index in [0.29, 0.717) is 6.42 Å². The van der Waals surface area contributed by atoms with Gasteiger partial charge in [-0.25, -0.2) is 0 Å². The van der Waals surface area contributed by atoms with Gasteiger partial charge in [-0.15, -0.1) is 0 Å². The zero-order valence-electron chi connectivity index (χ0n) is 16.9. The van der Waals surface area contributed by atoms with Crippen LogP contribution in [0.5, 0.6) is 0 Å². The van der Waals surface area contributed by atoms with E-state index in [4.69, 9.17) is 9.79 Å². The number of hydrogen-bond donors (Lipinski definition) is 2. The third kappa shape index (κ3) is 22.5. The molecule has 25 heavy (non-hydrogen) atoms. The molecule has 0 radical (unpaired) electrons. The third-order valence-corrected chi connectivity index (χ3v) is 5.73. The smallest absolute Gasteiger partial charge is 0.325 e. The molecule has 0 amide bonds. The minimum atomic E-state index is -3.82. The lowest BCUT2D eigenvalue weighted by Crippen LogP contribution is -3.00. The van der Waals surface area contributed by atoms with Gasteiger partial charge in [-0.05, 0) is 12.8 Å². The Kier molecular flexibility index (Phi) is 18.6. The molecule has 0 aliphatic heterocycles. The van der Waals surface area contributed by atoms with Gasteiger partial charge in [0.15, 0.2) is 0 Å². The SMILES string of the molecule is CCCCCCCCCCCCCC[N+](C)(C)CCCP(=O)(O)O.[Br-]. The van der Waals surface area contributed by atoms with Crippen LogP contribution >= 0.6 is 7.60 Å². The molecular formula is C19H43BrNO3P. The summed E-state index contributed by atoms with van der Waals surface area (Å²) in [5.41, 5.74) is 0. The average molecular weight is 444 g/mol. The third-order valence-electron chi connectivity index (χ3n) is 4.83. The van der Waals surface area contributed by atoms with Crippen LogP contribution in [0.2, 0.25) is 0 Å². The number of halogens is 1. The molecule has 0 spiro atoms. The van der Waals surface area contributed by atoms with Gasteiger partial charge in [-0.3, -0.25) is 4.57 Å². The van der Waals surface area contributed by atoms with Crippen LogP contribution in [0.3, 0.4) is 0 Å². The van der Waals surface area contributed by atoms with Gasteiger partial charge in [-0.2, -0.15) is 0 Å². The van der Waals surface area contributed by atoms with E-state index in [9.17, 15) is 4.57 Å². The molecule has 0 aromatic carbocycles. The fourth-order valence-corrected chi connectivity index (χ4v) is 3.75. The van der Waals surface area contributed by atoms with Crippen molar-refractivity contribution in [2.75, 3.05) is 33.3 Å². The Balaban J connectivity index is 0. The van der Waals surface area contributed by atoms with E-state index >= 15 is 0 Å². The van der Waals surface area contributed by atoms with E-state index in [1.54, 1.807) is 0 Å². The summed E-state index contributed by atoms with van der Waals surface area (Å²) in [6.07, 6.45) is 17.0. The first-order valence-corrected chi connectivity index (χ1v) is 11.9. The summed E-state index contributed by atoms with van der Waals surface area (Å²) >= 11 is 0. The van der Waals surface area contributed by atoms with Crippen molar-refractivity contribution in [3.05, 3.63) is 0 Å². The van der Waals surface area contributed by atoms with E-state index in [1.807, 2.05) is 0 Å². The highest BCUT2D eigenvalue weighted by molar-refractivity contribution is 7.51. The summed E-state index contributed by atoms with van der Waals surface area (Å²) in [4.78, 5) is 17.8. The van der Waals surface area contributed by atoms with Crippen molar-refractivity contribution in [3.8, 4) is 0 Å². The van der Waals surface area contributed by atoms with E-state index in [-0.39, 0.29) is 23.1 Å². The maximum atomic E-state index is 10.9. The molecule has 2 N–H and O–H groups in total. The van der Waals surface area contributed by atoms with E-state index < -0.39 is 7.60 Å². The van der Waals surface area contributed by atoms with Crippen LogP contribution in [0.25, 0.3) is 0 Å². The van der Waals surface area contributed by atoms with Crippen LogP contribution in [0.4, 0.5) is 0 Å². The molecule has 0 aliphatic rings. The van der Waals surface area contributed by atoms with Crippen molar-refractivity contribution in [1.29, 1.82) is 0 Å². The van der Waals surface area contributed by atoms with E-state index in [2.05, 4.69) is 21.0 Å². The van der Waals surface area contributed by atoms with Gasteiger partial charge in [0.2, 0.25) is 0 Å². The minimum absolute atomic E-state index is 0. The first kappa shape index (κ1) is 27.8. The summed E-state index contributed by atoms with van der Waals surface area (Å²) in [5, 5.41) is 0. The average Bonchev–Trinajstić information content (AvgIpc) is 2.46. The Bertz CT molecular complexity index is 335. The van der Waals surface area contributed by atoms with Crippen molar-refractivity contribution in [1.82, 2.24) is 0 Å². The van der Waals surface area contributed by atoms with Crippen molar-refractivity contribution < 1.29 is 35.8 Å². The summed E-state index contributed by atoms with van der Waals surface area (Å²) in [7, 11) is 0.510. The van der Waals surface area contributed by atoms with Crippen molar-refractivity contribution >= 4 is 7.60 Å². The van der Waals surface area contributed by atoms with Gasteiger partial charge in [0, 0.05) is 6.42 Å². The second kappa shape index (κ2) is 16.7. The molecule has 0 unspecified atom stereocenters. The van der Waals surface area contributed by atoms with Crippen molar-refractivity contribution in [2.24, 2.45) is 0 Å². The Hall–Kier alpha value is 0.590. The fraction of sp³-hybridized carbons (Fsp3) is 1.00. The number of hydrogen-bond acceptors (Lipinski definition) is 1. The van der Waals surface area contributed by atoms with Gasteiger partial charge in [0.25, 0.3) is 0 Å². The number of rotatable bonds is 17. The van der Waals surface area contributed by atoms with E-state index in [0.717, 1.165) is 17.6 Å². The lowest BCUT2D eigenvalue weighted by Gasteiger charge is -2.30. The number of nitrogens with zero attached hydrogens (tertiary/aromatic N) is 1. The predicted octanol–water partition coefficient (Wildman–Crippen LogP) is 2.34. The molecule has 4 nitrogen and oxygen atoms in total. The number of unbranched alkanes of at least 4 members (excludes halogenated alkanes) is 11. The van der Waals surface area contributed by atoms with Crippen LogP contribution in [0, 0.1) is 0 Å². The summed E-state index contributed by atoms with van der Waals surface area (Å²) in [5.74, 6) is 0. The molecule has 0 aromatic rings. The van der Waals surface area contributed by atoms with Crippen LogP contribution < -0.4 is 17.0 Å². The molecule has 0 aliphatic carbocycles. The van der Waals surface area contributed by atoms with Gasteiger partial charge in [0.1, 0.15) is 0 Å². The molecule has 0 rings (SSSR count). The standard InChI is InChI=1S/C19H42NO3P.BrH/c1-4-5-6-7-8-9-10-11-12-13-14-15-17-20(2,3)18-16-19-24(21,22)23;/h4-19H2,1-3H3,(H-,21,22,23);1H. The molecule has 0 saturated heterocycles. The highest BCUT2D eigenvalue weighted by Gasteiger charge is 2.18. The highest BCUT2D eigenvalue weighted by atomic mass is 79.9. The summed E-state index contributed by atoms with van der Waals surface area (Å²) in [6, 6.07) is 0. The molecular weight excluding hydrogens is 401 g/mol. The topological polar surface area (TPSA) is 57.5 Å². The molecule has 0 atom stereocenters. The maximum Gasteiger partial charge on any atom is 0.325 e. The molecule has 0 fully saturated rings. The Labute approximate surface area is 167 Å². The lowest BCUT2D eigenvalue weighted by molar-refractivity contribution is -0.890. The maximum absolute atomic E-state index is 10.9. The van der Waals surface area contributed by atoms with Crippen LogP contribution in [0.15, 0.2) is 0 Å². The Morgan fingerprint density at radius 1 is 0.680 bits per heavy atom. The zero-order chi connectivity index (χ0) is 18.3. The van der Waals surface area contributed by atoms with Gasteiger partial charge >= 0.3 is 7.60 Å². The predicted molar refractivity (Wildman–Crippen MR) is 104 cm³/mol. The van der Waals surface area contributed by atoms with Crippen LogP contribution in [-0.4, -0.2) is 47.6 Å². The van der Waals surface area contributed by atoms with Gasteiger partial charge < -0.3 is 31.3 Å². The Morgan fingerprint density at radius 3 is 1.44 bits per heavy atom. The van der Waals surface area contributed by atoms with Gasteiger partial charge in [0.05, 0.1) is 33.3 Å². The first-order valence-electron chi connectivity index (χ1n) is 10.1. The minimum Gasteiger partial charge on any atom is -1.00 e. The first-order chi connectivity index (χ1) is 11.3. The second-order valence-electron chi connectivity index (χ2n) is 8.01. The highest BCUT2D eigenvalue weighted by Crippen LogP contribution is 2.35. The second-order valence-corrected chi connectivity index (χ2v) is 9.79. The van der Waals surface area contributed by atoms with Crippen molar-refractivity contribution in [2.45, 2.75) is 90.4 Å². The van der Waals surface area contributed by atoms with E-state index in [1.165, 1.54) is 77.0 Å². The molecule has 0 bridgehead atoms. The molecule has 0 aromatic heterocycles. The van der Waals surface area contributed by atoms with Crippen LogP contribution in [-0.2, 0) is 4.57 Å².